The number of ether oxygens (including phenoxy) is 3. The average molecular weight is 355 g/mol. The predicted molar refractivity (Wildman–Crippen MR) is 100.0 cm³/mol. The minimum atomic E-state index is 0.165. The van der Waals surface area contributed by atoms with E-state index in [4.69, 9.17) is 14.2 Å². The summed E-state index contributed by atoms with van der Waals surface area (Å²) in [5.41, 5.74) is 1.80. The highest BCUT2D eigenvalue weighted by molar-refractivity contribution is 5.96. The van der Waals surface area contributed by atoms with Crippen molar-refractivity contribution in [2.24, 2.45) is 0 Å². The minimum absolute atomic E-state index is 0.165. The summed E-state index contributed by atoms with van der Waals surface area (Å²) in [5.74, 6) is 1.75. The van der Waals surface area contributed by atoms with E-state index < -0.39 is 0 Å². The lowest BCUT2D eigenvalue weighted by Crippen LogP contribution is -2.37. The molecule has 0 aromatic heterocycles. The zero-order valence-corrected chi connectivity index (χ0v) is 15.1. The molecule has 0 radical (unpaired) electrons. The van der Waals surface area contributed by atoms with Crippen molar-refractivity contribution in [2.45, 2.75) is 13.0 Å². The summed E-state index contributed by atoms with van der Waals surface area (Å²) in [5, 5.41) is 0. The van der Waals surface area contributed by atoms with Crippen molar-refractivity contribution in [1.82, 2.24) is 4.90 Å². The number of morpholine rings is 1. The van der Waals surface area contributed by atoms with Gasteiger partial charge in [0.25, 0.3) is 0 Å². The molecule has 0 spiro atoms. The first kappa shape index (κ1) is 18.4. The number of hydrogen-bond donors (Lipinski definition) is 0. The smallest absolute Gasteiger partial charge is 0.164 e. The van der Waals surface area contributed by atoms with Gasteiger partial charge in [0.2, 0.25) is 0 Å². The highest BCUT2D eigenvalue weighted by atomic mass is 16.5. The summed E-state index contributed by atoms with van der Waals surface area (Å²) in [6, 6.07) is 15.2. The number of methoxy groups -OCH3 is 1. The van der Waals surface area contributed by atoms with Crippen molar-refractivity contribution in [3.05, 3.63) is 59.7 Å². The van der Waals surface area contributed by atoms with Gasteiger partial charge in [0.1, 0.15) is 18.1 Å². The summed E-state index contributed by atoms with van der Waals surface area (Å²) in [6.45, 7) is 4.60. The molecule has 0 unspecified atom stereocenters. The lowest BCUT2D eigenvalue weighted by Gasteiger charge is -2.26. The van der Waals surface area contributed by atoms with Gasteiger partial charge in [0.05, 0.1) is 20.3 Å². The zero-order chi connectivity index (χ0) is 18.2. The van der Waals surface area contributed by atoms with E-state index in [1.54, 1.807) is 7.11 Å². The van der Waals surface area contributed by atoms with E-state index in [9.17, 15) is 4.79 Å². The lowest BCUT2D eigenvalue weighted by molar-refractivity contribution is 0.0370. The zero-order valence-electron chi connectivity index (χ0n) is 15.1. The van der Waals surface area contributed by atoms with E-state index in [-0.39, 0.29) is 5.78 Å². The summed E-state index contributed by atoms with van der Waals surface area (Å²) in [6.07, 6.45) is 0.534. The van der Waals surface area contributed by atoms with Crippen LogP contribution in [0.5, 0.6) is 11.5 Å². The number of benzene rings is 2. The number of rotatable bonds is 8. The van der Waals surface area contributed by atoms with Crippen molar-refractivity contribution in [3.8, 4) is 11.5 Å². The Hall–Kier alpha value is -2.37. The maximum Gasteiger partial charge on any atom is 0.164 e. The first-order valence-electron chi connectivity index (χ1n) is 8.94. The van der Waals surface area contributed by atoms with Gasteiger partial charge in [-0.25, -0.2) is 0 Å². The van der Waals surface area contributed by atoms with Gasteiger partial charge in [-0.1, -0.05) is 12.1 Å². The number of ketones is 1. The molecule has 0 bridgehead atoms. The molecule has 5 heteroatoms. The highest BCUT2D eigenvalue weighted by Gasteiger charge is 2.13. The fourth-order valence-corrected chi connectivity index (χ4v) is 2.85. The van der Waals surface area contributed by atoms with Crippen LogP contribution in [0.2, 0.25) is 0 Å². The number of Topliss-reactive ketones (excluding diaryl/α,β-unsaturated/α-hetero) is 1. The van der Waals surface area contributed by atoms with E-state index in [0.29, 0.717) is 13.0 Å². The lowest BCUT2D eigenvalue weighted by atomic mass is 10.1. The van der Waals surface area contributed by atoms with E-state index in [0.717, 1.165) is 55.5 Å². The van der Waals surface area contributed by atoms with E-state index in [1.165, 1.54) is 0 Å². The molecule has 2 aromatic rings. The van der Waals surface area contributed by atoms with Crippen molar-refractivity contribution in [2.75, 3.05) is 40.0 Å². The maximum absolute atomic E-state index is 12.3. The van der Waals surface area contributed by atoms with Gasteiger partial charge in [0.15, 0.2) is 5.78 Å². The van der Waals surface area contributed by atoms with Crippen LogP contribution in [0, 0.1) is 0 Å². The summed E-state index contributed by atoms with van der Waals surface area (Å²) >= 11 is 0. The van der Waals surface area contributed by atoms with Crippen molar-refractivity contribution >= 4 is 5.78 Å². The topological polar surface area (TPSA) is 48.0 Å². The van der Waals surface area contributed by atoms with Gasteiger partial charge < -0.3 is 14.2 Å². The van der Waals surface area contributed by atoms with Crippen molar-refractivity contribution in [3.63, 3.8) is 0 Å². The number of nitrogens with zero attached hydrogens (tertiary/aromatic N) is 1. The molecular formula is C21H25NO4. The fraction of sp³-hybridized carbons (Fsp3) is 0.381. The van der Waals surface area contributed by atoms with Gasteiger partial charge in [-0.3, -0.25) is 9.69 Å². The molecule has 0 aliphatic carbocycles. The van der Waals surface area contributed by atoms with Crippen LogP contribution in [-0.2, 0) is 11.3 Å². The Balaban J connectivity index is 1.46. The average Bonchev–Trinajstić information content (AvgIpc) is 2.72. The molecule has 1 saturated heterocycles. The normalized spacial score (nSPS) is 14.8. The Morgan fingerprint density at radius 2 is 1.65 bits per heavy atom. The SMILES string of the molecule is COc1ccc(COc2ccc(C(=O)CCN3CCOCC3)cc2)cc1. The molecule has 2 aromatic carbocycles. The van der Waals surface area contributed by atoms with Gasteiger partial charge in [-0.2, -0.15) is 0 Å². The van der Waals surface area contributed by atoms with E-state index >= 15 is 0 Å². The number of carbonyl (C=O) groups is 1. The van der Waals surface area contributed by atoms with Crippen LogP contribution in [0.25, 0.3) is 0 Å². The monoisotopic (exact) mass is 355 g/mol. The van der Waals surface area contributed by atoms with Crippen LogP contribution in [0.1, 0.15) is 22.3 Å². The van der Waals surface area contributed by atoms with Gasteiger partial charge in [-0.05, 0) is 42.0 Å². The molecule has 138 valence electrons. The van der Waals surface area contributed by atoms with Crippen molar-refractivity contribution < 1.29 is 19.0 Å². The number of carbonyl (C=O) groups excluding carboxylic acids is 1. The molecule has 0 amide bonds. The molecule has 1 aliphatic rings. The largest absolute Gasteiger partial charge is 0.497 e. The second-order valence-corrected chi connectivity index (χ2v) is 6.29. The molecule has 0 saturated carbocycles. The van der Waals surface area contributed by atoms with Crippen LogP contribution in [0.3, 0.4) is 0 Å². The first-order chi connectivity index (χ1) is 12.7. The van der Waals surface area contributed by atoms with Gasteiger partial charge in [0, 0.05) is 31.6 Å². The van der Waals surface area contributed by atoms with Crippen LogP contribution in [-0.4, -0.2) is 50.6 Å². The molecule has 1 fully saturated rings. The Labute approximate surface area is 154 Å². The van der Waals surface area contributed by atoms with E-state index in [2.05, 4.69) is 4.90 Å². The standard InChI is InChI=1S/C21H25NO4/c1-24-19-6-2-17(3-7-19)16-26-20-8-4-18(5-9-20)21(23)10-11-22-12-14-25-15-13-22/h2-9H,10-16H2,1H3. The maximum atomic E-state index is 12.3. The van der Waals surface area contributed by atoms with Crippen LogP contribution >= 0.6 is 0 Å². The third kappa shape index (κ3) is 5.31. The third-order valence-corrected chi connectivity index (χ3v) is 4.50. The number of hydrogen-bond acceptors (Lipinski definition) is 5. The van der Waals surface area contributed by atoms with Crippen molar-refractivity contribution in [1.29, 1.82) is 0 Å². The molecule has 0 N–H and O–H groups in total. The summed E-state index contributed by atoms with van der Waals surface area (Å²) < 4.78 is 16.2. The predicted octanol–water partition coefficient (Wildman–Crippen LogP) is 3.18. The van der Waals surface area contributed by atoms with Gasteiger partial charge in [-0.15, -0.1) is 0 Å². The molecule has 1 heterocycles. The Morgan fingerprint density at radius 1 is 1.00 bits per heavy atom. The highest BCUT2D eigenvalue weighted by Crippen LogP contribution is 2.17. The van der Waals surface area contributed by atoms with E-state index in [1.807, 2.05) is 48.5 Å². The minimum Gasteiger partial charge on any atom is -0.497 e. The quantitative estimate of drug-likeness (QED) is 0.681. The second kappa shape index (κ2) is 9.36. The second-order valence-electron chi connectivity index (χ2n) is 6.29. The Kier molecular flexibility index (Phi) is 6.63. The molecule has 1 aliphatic heterocycles. The van der Waals surface area contributed by atoms with Crippen LogP contribution in [0.4, 0.5) is 0 Å². The summed E-state index contributed by atoms with van der Waals surface area (Å²) in [4.78, 5) is 14.6. The Morgan fingerprint density at radius 3 is 2.31 bits per heavy atom. The molecule has 26 heavy (non-hydrogen) atoms. The van der Waals surface area contributed by atoms with Gasteiger partial charge >= 0.3 is 0 Å². The summed E-state index contributed by atoms with van der Waals surface area (Å²) in [7, 11) is 1.65. The molecule has 0 atom stereocenters. The van der Waals surface area contributed by atoms with Crippen LogP contribution in [0.15, 0.2) is 48.5 Å². The first-order valence-corrected chi connectivity index (χ1v) is 8.94. The van der Waals surface area contributed by atoms with Crippen LogP contribution < -0.4 is 9.47 Å². The fourth-order valence-electron chi connectivity index (χ4n) is 2.85. The molecule has 3 rings (SSSR count). The molecular weight excluding hydrogens is 330 g/mol. The third-order valence-electron chi connectivity index (χ3n) is 4.50. The Bertz CT molecular complexity index is 691. The molecule has 5 nitrogen and oxygen atoms in total.